The quantitative estimate of drug-likeness (QED) is 0.126. The van der Waals surface area contributed by atoms with Crippen molar-refractivity contribution in [2.75, 3.05) is 16.0 Å². The Morgan fingerprint density at radius 3 is 2.50 bits per heavy atom. The molecule has 5 aromatic rings. The van der Waals surface area contributed by atoms with E-state index in [1.165, 1.54) is 22.4 Å². The van der Waals surface area contributed by atoms with Crippen LogP contribution in [0.4, 0.5) is 21.9 Å². The van der Waals surface area contributed by atoms with Crippen LogP contribution in [-0.4, -0.2) is 32.1 Å². The number of pyridine rings is 1. The lowest BCUT2D eigenvalue weighted by Crippen LogP contribution is -2.41. The highest BCUT2D eigenvalue weighted by Crippen LogP contribution is 2.25. The van der Waals surface area contributed by atoms with Crippen LogP contribution in [0.1, 0.15) is 34.5 Å². The van der Waals surface area contributed by atoms with Gasteiger partial charge in [0.05, 0.1) is 5.69 Å². The van der Waals surface area contributed by atoms with E-state index in [4.69, 9.17) is 18.6 Å². The number of nitrogens with zero attached hydrogens (tertiary/aromatic N) is 4. The predicted octanol–water partition coefficient (Wildman–Crippen LogP) is 5.17. The Morgan fingerprint density at radius 1 is 0.952 bits per heavy atom. The van der Waals surface area contributed by atoms with Crippen molar-refractivity contribution in [2.24, 2.45) is 0 Å². The van der Waals surface area contributed by atoms with Gasteiger partial charge in [0.25, 0.3) is 5.91 Å². The summed E-state index contributed by atoms with van der Waals surface area (Å²) >= 11 is 5.14. The van der Waals surface area contributed by atoms with Crippen molar-refractivity contribution in [3.05, 3.63) is 94.4 Å². The van der Waals surface area contributed by atoms with Crippen LogP contribution in [0.5, 0.6) is 0 Å². The van der Waals surface area contributed by atoms with Gasteiger partial charge >= 0.3 is 6.03 Å². The molecule has 208 valence electrons. The largest absolute Gasteiger partial charge is 0.323 e. The Labute approximate surface area is 246 Å². The molecule has 10 nitrogen and oxygen atoms in total. The number of carbonyl (C=O) groups excluding carboxylic acids is 2. The first-order valence-electron chi connectivity index (χ1n) is 13.5. The zero-order chi connectivity index (χ0) is 29.1. The third-order valence-corrected chi connectivity index (χ3v) is 7.45. The predicted molar refractivity (Wildman–Crippen MR) is 163 cm³/mol. The lowest BCUT2D eigenvalue weighted by atomic mass is 9.94. The summed E-state index contributed by atoms with van der Waals surface area (Å²) in [5, 5.41) is 19.8. The summed E-state index contributed by atoms with van der Waals surface area (Å²) in [6.45, 7) is 0.478. The first-order valence-corrected chi connectivity index (χ1v) is 13.9. The molecule has 2 heterocycles. The SMILES string of the molecule is C#CC[n+]1c2c(cc3ccc(NC(=O)c4cccc(NC(=O)Nc5cccc(-n6[nH]nnc6=S)c5)c4)cc31)CCCC2. The van der Waals surface area contributed by atoms with Crippen molar-refractivity contribution in [2.45, 2.75) is 32.2 Å². The summed E-state index contributed by atoms with van der Waals surface area (Å²) in [6, 6.07) is 21.4. The van der Waals surface area contributed by atoms with E-state index in [0.717, 1.165) is 30.2 Å². The molecule has 42 heavy (non-hydrogen) atoms. The minimum absolute atomic E-state index is 0.265. The maximum absolute atomic E-state index is 13.2. The number of urea groups is 1. The summed E-state index contributed by atoms with van der Waals surface area (Å²) in [5.41, 5.74) is 6.36. The Bertz CT molecular complexity index is 1940. The summed E-state index contributed by atoms with van der Waals surface area (Å²) in [4.78, 5) is 25.9. The Morgan fingerprint density at radius 2 is 1.71 bits per heavy atom. The Balaban J connectivity index is 1.16. The first-order chi connectivity index (χ1) is 20.5. The third-order valence-electron chi connectivity index (χ3n) is 7.18. The van der Waals surface area contributed by atoms with Gasteiger partial charge in [0.15, 0.2) is 5.69 Å². The molecule has 0 spiro atoms. The van der Waals surface area contributed by atoms with Crippen molar-refractivity contribution >= 4 is 52.1 Å². The number of tetrazole rings is 1. The van der Waals surface area contributed by atoms with E-state index in [9.17, 15) is 9.59 Å². The molecule has 0 aliphatic heterocycles. The number of nitrogens with one attached hydrogen (secondary N) is 4. The maximum Gasteiger partial charge on any atom is 0.323 e. The maximum atomic E-state index is 13.2. The highest BCUT2D eigenvalue weighted by molar-refractivity contribution is 7.71. The normalized spacial score (nSPS) is 12.3. The van der Waals surface area contributed by atoms with E-state index < -0.39 is 6.03 Å². The molecule has 11 heteroatoms. The summed E-state index contributed by atoms with van der Waals surface area (Å²) in [5.74, 6) is 2.49. The molecule has 1 aliphatic rings. The summed E-state index contributed by atoms with van der Waals surface area (Å²) < 4.78 is 3.97. The molecule has 3 amide bonds. The number of terminal acetylenes is 1. The van der Waals surface area contributed by atoms with E-state index >= 15 is 0 Å². The number of rotatable bonds is 6. The van der Waals surface area contributed by atoms with Crippen LogP contribution in [0, 0.1) is 17.1 Å². The van der Waals surface area contributed by atoms with Gasteiger partial charge in [0.2, 0.25) is 16.8 Å². The van der Waals surface area contributed by atoms with Gasteiger partial charge in [-0.1, -0.05) is 22.4 Å². The smallest absolute Gasteiger partial charge is 0.322 e. The van der Waals surface area contributed by atoms with Crippen molar-refractivity contribution in [1.29, 1.82) is 0 Å². The number of H-pyrrole nitrogens is 1. The highest BCUT2D eigenvalue weighted by Gasteiger charge is 2.23. The van der Waals surface area contributed by atoms with E-state index in [1.54, 1.807) is 48.5 Å². The summed E-state index contributed by atoms with van der Waals surface area (Å²) in [6.07, 6.45) is 10.1. The van der Waals surface area contributed by atoms with Gasteiger partial charge in [0, 0.05) is 46.1 Å². The fourth-order valence-corrected chi connectivity index (χ4v) is 5.47. The number of carbonyl (C=O) groups is 2. The number of aromatic nitrogens is 5. The first kappa shape index (κ1) is 26.9. The van der Waals surface area contributed by atoms with Gasteiger partial charge in [-0.3, -0.25) is 4.79 Å². The van der Waals surface area contributed by atoms with Crippen LogP contribution < -0.4 is 20.5 Å². The topological polar surface area (TPSA) is 121 Å². The zero-order valence-corrected chi connectivity index (χ0v) is 23.4. The second-order valence-corrected chi connectivity index (χ2v) is 10.3. The number of amides is 3. The molecule has 3 aromatic carbocycles. The van der Waals surface area contributed by atoms with Crippen molar-refractivity contribution in [1.82, 2.24) is 20.2 Å². The van der Waals surface area contributed by atoms with Crippen LogP contribution in [-0.2, 0) is 19.4 Å². The van der Waals surface area contributed by atoms with Crippen LogP contribution in [0.3, 0.4) is 0 Å². The van der Waals surface area contributed by atoms with Crippen LogP contribution >= 0.6 is 12.2 Å². The third kappa shape index (κ3) is 5.61. The molecule has 0 unspecified atom stereocenters. The minimum Gasteiger partial charge on any atom is -0.322 e. The molecule has 0 fully saturated rings. The van der Waals surface area contributed by atoms with Gasteiger partial charge in [-0.2, -0.15) is 9.78 Å². The van der Waals surface area contributed by atoms with E-state index in [1.807, 2.05) is 18.2 Å². The molecule has 2 aromatic heterocycles. The van der Waals surface area contributed by atoms with E-state index in [0.29, 0.717) is 34.9 Å². The Hall–Kier alpha value is -5.34. The van der Waals surface area contributed by atoms with Crippen molar-refractivity contribution < 1.29 is 14.2 Å². The fraction of sp³-hybridized carbons (Fsp3) is 0.161. The minimum atomic E-state index is -0.466. The molecule has 0 saturated heterocycles. The summed E-state index contributed by atoms with van der Waals surface area (Å²) in [7, 11) is 0. The number of fused-ring (bicyclic) bond motifs is 2. The number of aryl methyl sites for hydroxylation is 1. The number of benzene rings is 3. The van der Waals surface area contributed by atoms with Crippen LogP contribution in [0.25, 0.3) is 16.6 Å². The van der Waals surface area contributed by atoms with Crippen LogP contribution in [0.15, 0.2) is 72.8 Å². The number of hydrogen-bond acceptors (Lipinski definition) is 5. The van der Waals surface area contributed by atoms with E-state index in [-0.39, 0.29) is 10.7 Å². The zero-order valence-electron chi connectivity index (χ0n) is 22.6. The second kappa shape index (κ2) is 11.6. The molecule has 0 bridgehead atoms. The molecule has 0 saturated carbocycles. The molecule has 1 aliphatic carbocycles. The standard InChI is InChI=1S/C31H26N8O2S/c1-2-15-38-27-12-4-3-7-20(27)16-21-13-14-25(19-28(21)38)32-29(40)22-8-5-9-23(17-22)33-30(41)34-24-10-6-11-26(18-24)39-31(42)35-36-37-39/h1,5-6,8-11,13-14,16-19H,3-4,7,12,15H2,(H3,33,34,35,37,41,42)/p+1. The molecule has 0 radical (unpaired) electrons. The lowest BCUT2D eigenvalue weighted by molar-refractivity contribution is -0.667. The lowest BCUT2D eigenvalue weighted by Gasteiger charge is -2.16. The fourth-order valence-electron chi connectivity index (χ4n) is 5.28. The average molecular weight is 576 g/mol. The molecule has 4 N–H and O–H groups in total. The number of aromatic amines is 1. The van der Waals surface area contributed by atoms with Gasteiger partial charge in [0.1, 0.15) is 0 Å². The Kier molecular flexibility index (Phi) is 7.45. The van der Waals surface area contributed by atoms with E-state index in [2.05, 4.69) is 48.0 Å². The van der Waals surface area contributed by atoms with Gasteiger partial charge in [-0.05, 0) is 92.0 Å². The molecular formula is C31H27N8O2S+. The highest BCUT2D eigenvalue weighted by atomic mass is 32.1. The van der Waals surface area contributed by atoms with Gasteiger partial charge in [-0.25, -0.2) is 9.48 Å². The van der Waals surface area contributed by atoms with Crippen molar-refractivity contribution in [3.63, 3.8) is 0 Å². The molecule has 6 rings (SSSR count). The van der Waals surface area contributed by atoms with Gasteiger partial charge < -0.3 is 16.0 Å². The number of anilines is 3. The number of hydrogen-bond donors (Lipinski definition) is 4. The van der Waals surface area contributed by atoms with Crippen LogP contribution in [0.2, 0.25) is 0 Å². The molecular weight excluding hydrogens is 548 g/mol. The van der Waals surface area contributed by atoms with Crippen molar-refractivity contribution in [3.8, 4) is 18.0 Å². The monoisotopic (exact) mass is 575 g/mol. The van der Waals surface area contributed by atoms with Gasteiger partial charge in [-0.15, -0.1) is 6.42 Å². The molecule has 0 atom stereocenters. The second-order valence-electron chi connectivity index (χ2n) is 9.97. The average Bonchev–Trinajstić information content (AvgIpc) is 3.43.